The molecule has 1 heterocycles. The number of hydrogen-bond donors (Lipinski definition) is 0. The third-order valence-electron chi connectivity index (χ3n) is 2.35. The van der Waals surface area contributed by atoms with Gasteiger partial charge in [-0.15, -0.1) is 0 Å². The summed E-state index contributed by atoms with van der Waals surface area (Å²) < 4.78 is 11.1. The van der Waals surface area contributed by atoms with E-state index < -0.39 is 9.04 Å². The summed E-state index contributed by atoms with van der Waals surface area (Å²) in [5, 5.41) is 0. The van der Waals surface area contributed by atoms with Gasteiger partial charge in [-0.2, -0.15) is 0 Å². The molecule has 18 heavy (non-hydrogen) atoms. The summed E-state index contributed by atoms with van der Waals surface area (Å²) in [7, 11) is -1.12. The van der Waals surface area contributed by atoms with E-state index in [2.05, 4.69) is 18.1 Å². The molecule has 0 bridgehead atoms. The smallest absolute Gasteiger partial charge is 0.229 e. The summed E-state index contributed by atoms with van der Waals surface area (Å²) in [5.41, 5.74) is 2.02. The summed E-state index contributed by atoms with van der Waals surface area (Å²) in [4.78, 5) is 4.44. The van der Waals surface area contributed by atoms with Crippen molar-refractivity contribution in [2.75, 3.05) is 0 Å². The number of hydrogen-bond acceptors (Lipinski definition) is 3. The van der Waals surface area contributed by atoms with Crippen molar-refractivity contribution in [3.63, 3.8) is 0 Å². The number of nitrogens with zero attached hydrogens (tertiary/aromatic N) is 1. The van der Waals surface area contributed by atoms with Crippen LogP contribution in [0.2, 0.25) is 13.1 Å². The lowest BCUT2D eigenvalue weighted by Crippen LogP contribution is -2.11. The SMILES string of the molecule is Cc1ccc(O[SiH](C)C)c(N=Cc2ccco2)c1. The van der Waals surface area contributed by atoms with Crippen LogP contribution >= 0.6 is 0 Å². The van der Waals surface area contributed by atoms with Gasteiger partial charge in [-0.3, -0.25) is 0 Å². The highest BCUT2D eigenvalue weighted by Crippen LogP contribution is 2.29. The Balaban J connectivity index is 2.27. The number of rotatable bonds is 4. The van der Waals surface area contributed by atoms with Gasteiger partial charge in [0.25, 0.3) is 0 Å². The Hall–Kier alpha value is -1.81. The maximum atomic E-state index is 5.86. The van der Waals surface area contributed by atoms with Crippen molar-refractivity contribution < 1.29 is 8.84 Å². The van der Waals surface area contributed by atoms with Crippen molar-refractivity contribution in [3.05, 3.63) is 47.9 Å². The van der Waals surface area contributed by atoms with Gasteiger partial charge in [-0.25, -0.2) is 4.99 Å². The molecule has 1 aromatic carbocycles. The van der Waals surface area contributed by atoms with Crippen molar-refractivity contribution in [3.8, 4) is 5.75 Å². The summed E-state index contributed by atoms with van der Waals surface area (Å²) >= 11 is 0. The lowest BCUT2D eigenvalue weighted by molar-refractivity contribution is 0.560. The quantitative estimate of drug-likeness (QED) is 0.620. The molecule has 0 spiro atoms. The fourth-order valence-corrected chi connectivity index (χ4v) is 2.29. The zero-order valence-electron chi connectivity index (χ0n) is 10.9. The van der Waals surface area contributed by atoms with Crippen LogP contribution in [0.25, 0.3) is 0 Å². The Morgan fingerprint density at radius 2 is 2.11 bits per heavy atom. The van der Waals surface area contributed by atoms with Gasteiger partial charge < -0.3 is 8.84 Å². The fraction of sp³-hybridized carbons (Fsp3) is 0.214. The molecule has 0 N–H and O–H groups in total. The number of furan rings is 1. The van der Waals surface area contributed by atoms with E-state index in [9.17, 15) is 0 Å². The number of aliphatic imine (C=N–C) groups is 1. The first-order valence-electron chi connectivity index (χ1n) is 6.00. The van der Waals surface area contributed by atoms with Crippen LogP contribution < -0.4 is 4.43 Å². The zero-order valence-corrected chi connectivity index (χ0v) is 12.0. The lowest BCUT2D eigenvalue weighted by Gasteiger charge is -2.12. The lowest BCUT2D eigenvalue weighted by atomic mass is 10.2. The minimum absolute atomic E-state index is 0.740. The Morgan fingerprint density at radius 1 is 1.28 bits per heavy atom. The molecule has 3 nitrogen and oxygen atoms in total. The summed E-state index contributed by atoms with van der Waals surface area (Å²) in [6.45, 7) is 6.32. The first-order valence-corrected chi connectivity index (χ1v) is 8.78. The topological polar surface area (TPSA) is 34.7 Å². The Kier molecular flexibility index (Phi) is 3.99. The minimum atomic E-state index is -1.12. The van der Waals surface area contributed by atoms with E-state index in [1.165, 1.54) is 5.56 Å². The second kappa shape index (κ2) is 5.69. The maximum absolute atomic E-state index is 5.86. The van der Waals surface area contributed by atoms with Gasteiger partial charge in [0.15, 0.2) is 0 Å². The van der Waals surface area contributed by atoms with Gasteiger partial charge in [0.05, 0.1) is 12.5 Å². The monoisotopic (exact) mass is 259 g/mol. The predicted octanol–water partition coefficient (Wildman–Crippen LogP) is 3.70. The molecule has 94 valence electrons. The third-order valence-corrected chi connectivity index (χ3v) is 3.08. The van der Waals surface area contributed by atoms with Crippen LogP contribution in [0.5, 0.6) is 5.75 Å². The highest BCUT2D eigenvalue weighted by atomic mass is 28.3. The van der Waals surface area contributed by atoms with E-state index in [0.29, 0.717) is 0 Å². The molecule has 0 atom stereocenters. The van der Waals surface area contributed by atoms with Crippen molar-refractivity contribution in [2.24, 2.45) is 4.99 Å². The molecule has 0 fully saturated rings. The van der Waals surface area contributed by atoms with Crippen molar-refractivity contribution >= 4 is 20.9 Å². The summed E-state index contributed by atoms with van der Waals surface area (Å²) in [6, 6.07) is 9.76. The molecule has 0 amide bonds. The standard InChI is InChI=1S/C14H17NO2Si/c1-11-6-7-14(17-18(2)3)13(9-11)15-10-12-5-4-8-16-12/h4-10,18H,1-3H3. The van der Waals surface area contributed by atoms with E-state index in [-0.39, 0.29) is 0 Å². The molecule has 0 saturated carbocycles. The Labute approximate surface area is 109 Å². The van der Waals surface area contributed by atoms with Crippen molar-refractivity contribution in [1.82, 2.24) is 0 Å². The fourth-order valence-electron chi connectivity index (χ4n) is 1.58. The third kappa shape index (κ3) is 3.34. The van der Waals surface area contributed by atoms with Crippen LogP contribution in [-0.4, -0.2) is 15.3 Å². The normalized spacial score (nSPS) is 11.3. The highest BCUT2D eigenvalue weighted by Gasteiger charge is 2.05. The van der Waals surface area contributed by atoms with Crippen molar-refractivity contribution in [2.45, 2.75) is 20.0 Å². The van der Waals surface area contributed by atoms with Gasteiger partial charge in [-0.1, -0.05) is 6.07 Å². The van der Waals surface area contributed by atoms with E-state index in [0.717, 1.165) is 17.2 Å². The van der Waals surface area contributed by atoms with Gasteiger partial charge in [0, 0.05) is 0 Å². The molecule has 0 aliphatic carbocycles. The van der Waals surface area contributed by atoms with E-state index in [4.69, 9.17) is 8.84 Å². The van der Waals surface area contributed by atoms with Gasteiger partial charge in [-0.05, 0) is 49.8 Å². The molecule has 0 aliphatic rings. The Bertz CT molecular complexity index is 533. The minimum Gasteiger partial charge on any atom is -0.546 e. The molecule has 0 radical (unpaired) electrons. The van der Waals surface area contributed by atoms with Gasteiger partial charge >= 0.3 is 0 Å². The maximum Gasteiger partial charge on any atom is 0.229 e. The first kappa shape index (κ1) is 12.6. The van der Waals surface area contributed by atoms with Gasteiger partial charge in [0.2, 0.25) is 9.04 Å². The molecule has 0 unspecified atom stereocenters. The molecule has 0 saturated heterocycles. The second-order valence-corrected chi connectivity index (χ2v) is 6.74. The number of aryl methyl sites for hydroxylation is 1. The van der Waals surface area contributed by atoms with E-state index in [1.807, 2.05) is 37.3 Å². The van der Waals surface area contributed by atoms with Crippen LogP contribution in [0.1, 0.15) is 11.3 Å². The van der Waals surface area contributed by atoms with Crippen LogP contribution in [0.15, 0.2) is 46.0 Å². The highest BCUT2D eigenvalue weighted by molar-refractivity contribution is 6.49. The largest absolute Gasteiger partial charge is 0.546 e. The van der Waals surface area contributed by atoms with Crippen LogP contribution in [0, 0.1) is 6.92 Å². The second-order valence-electron chi connectivity index (χ2n) is 4.41. The molecular weight excluding hydrogens is 242 g/mol. The first-order chi connectivity index (χ1) is 8.65. The van der Waals surface area contributed by atoms with E-state index in [1.54, 1.807) is 12.5 Å². The average Bonchev–Trinajstić information content (AvgIpc) is 2.82. The molecule has 2 aromatic rings. The summed E-state index contributed by atoms with van der Waals surface area (Å²) in [5.74, 6) is 1.59. The van der Waals surface area contributed by atoms with Gasteiger partial charge in [0.1, 0.15) is 17.2 Å². The van der Waals surface area contributed by atoms with Crippen LogP contribution in [0.3, 0.4) is 0 Å². The Morgan fingerprint density at radius 3 is 2.78 bits per heavy atom. The van der Waals surface area contributed by atoms with Crippen LogP contribution in [-0.2, 0) is 0 Å². The van der Waals surface area contributed by atoms with Crippen molar-refractivity contribution in [1.29, 1.82) is 0 Å². The zero-order chi connectivity index (χ0) is 13.0. The molecule has 2 rings (SSSR count). The number of benzene rings is 1. The molecular formula is C14H17NO2Si. The molecule has 1 aromatic heterocycles. The average molecular weight is 259 g/mol. The van der Waals surface area contributed by atoms with Crippen LogP contribution in [0.4, 0.5) is 5.69 Å². The predicted molar refractivity (Wildman–Crippen MR) is 76.6 cm³/mol. The molecule has 4 heteroatoms. The summed E-state index contributed by atoms with van der Waals surface area (Å²) in [6.07, 6.45) is 3.35. The molecule has 0 aliphatic heterocycles. The van der Waals surface area contributed by atoms with E-state index >= 15 is 0 Å².